The van der Waals surface area contributed by atoms with Crippen molar-refractivity contribution in [2.75, 3.05) is 13.1 Å². The molecule has 1 unspecified atom stereocenters. The number of rotatable bonds is 4. The maximum Gasteiger partial charge on any atom is 0.311 e. The predicted molar refractivity (Wildman–Crippen MR) is 77.0 cm³/mol. The number of carbonyl (C=O) groups excluding carboxylic acids is 1. The second-order valence-electron chi connectivity index (χ2n) is 5.42. The van der Waals surface area contributed by atoms with Crippen LogP contribution in [0.1, 0.15) is 48.1 Å². The zero-order valence-corrected chi connectivity index (χ0v) is 12.7. The summed E-state index contributed by atoms with van der Waals surface area (Å²) in [5.41, 5.74) is -0.349. The van der Waals surface area contributed by atoms with Crippen LogP contribution in [0, 0.1) is 12.3 Å². The molecule has 1 N–H and O–H groups in total. The number of carbonyl (C=O) groups is 2. The first-order valence-electron chi connectivity index (χ1n) is 6.93. The monoisotopic (exact) mass is 296 g/mol. The topological polar surface area (TPSA) is 70.5 Å². The fraction of sp³-hybridized carbons (Fsp3) is 0.643. The summed E-state index contributed by atoms with van der Waals surface area (Å²) in [6.45, 7) is 4.76. The minimum Gasteiger partial charge on any atom is -0.481 e. The third-order valence-electron chi connectivity index (χ3n) is 3.88. The highest BCUT2D eigenvalue weighted by Gasteiger charge is 2.43. The third kappa shape index (κ3) is 2.85. The van der Waals surface area contributed by atoms with Crippen LogP contribution in [-0.2, 0) is 4.79 Å². The maximum absolute atomic E-state index is 12.4. The molecule has 2 heterocycles. The van der Waals surface area contributed by atoms with Crippen molar-refractivity contribution in [1.29, 1.82) is 0 Å². The molecule has 1 aromatic rings. The molecule has 1 fully saturated rings. The Morgan fingerprint density at radius 2 is 2.30 bits per heavy atom. The first-order chi connectivity index (χ1) is 9.48. The summed E-state index contributed by atoms with van der Waals surface area (Å²) in [6.07, 6.45) is 2.81. The van der Waals surface area contributed by atoms with Gasteiger partial charge in [-0.25, -0.2) is 4.98 Å². The molecule has 5 nitrogen and oxygen atoms in total. The molecule has 0 aliphatic carbocycles. The number of likely N-dealkylation sites (tertiary alicyclic amines) is 1. The van der Waals surface area contributed by atoms with Crippen LogP contribution in [0.2, 0.25) is 0 Å². The lowest BCUT2D eigenvalue weighted by atomic mass is 9.76. The molecule has 1 aliphatic rings. The minimum absolute atomic E-state index is 0.143. The van der Waals surface area contributed by atoms with Gasteiger partial charge in [-0.3, -0.25) is 9.59 Å². The van der Waals surface area contributed by atoms with Crippen molar-refractivity contribution >= 4 is 23.2 Å². The van der Waals surface area contributed by atoms with Gasteiger partial charge in [-0.15, -0.1) is 11.3 Å². The summed E-state index contributed by atoms with van der Waals surface area (Å²) >= 11 is 1.44. The van der Waals surface area contributed by atoms with E-state index in [1.165, 1.54) is 11.3 Å². The molecule has 0 spiro atoms. The molecular formula is C14H20N2O3S. The number of nitrogens with zero attached hydrogens (tertiary/aromatic N) is 2. The summed E-state index contributed by atoms with van der Waals surface area (Å²) in [4.78, 5) is 29.9. The van der Waals surface area contributed by atoms with Crippen molar-refractivity contribution in [2.45, 2.75) is 39.5 Å². The van der Waals surface area contributed by atoms with Crippen molar-refractivity contribution in [1.82, 2.24) is 9.88 Å². The van der Waals surface area contributed by atoms with Gasteiger partial charge < -0.3 is 10.0 Å². The molecule has 1 saturated heterocycles. The molecule has 0 aromatic carbocycles. The van der Waals surface area contributed by atoms with E-state index in [-0.39, 0.29) is 5.91 Å². The Morgan fingerprint density at radius 3 is 2.85 bits per heavy atom. The highest BCUT2D eigenvalue weighted by Crippen LogP contribution is 2.35. The zero-order chi connectivity index (χ0) is 14.8. The van der Waals surface area contributed by atoms with E-state index in [2.05, 4.69) is 4.98 Å². The van der Waals surface area contributed by atoms with Crippen LogP contribution in [0.5, 0.6) is 0 Å². The Kier molecular flexibility index (Phi) is 4.42. The van der Waals surface area contributed by atoms with Crippen LogP contribution >= 0.6 is 11.3 Å². The molecular weight excluding hydrogens is 276 g/mol. The summed E-state index contributed by atoms with van der Waals surface area (Å²) in [5, 5.41) is 12.1. The molecule has 0 radical (unpaired) electrons. The van der Waals surface area contributed by atoms with Crippen LogP contribution in [0.25, 0.3) is 0 Å². The van der Waals surface area contributed by atoms with Gasteiger partial charge in [0.25, 0.3) is 5.91 Å². The van der Waals surface area contributed by atoms with Crippen LogP contribution in [0.4, 0.5) is 0 Å². The summed E-state index contributed by atoms with van der Waals surface area (Å²) in [7, 11) is 0. The van der Waals surface area contributed by atoms with E-state index in [4.69, 9.17) is 0 Å². The van der Waals surface area contributed by atoms with Gasteiger partial charge in [0.1, 0.15) is 5.69 Å². The van der Waals surface area contributed by atoms with Gasteiger partial charge in [0.2, 0.25) is 0 Å². The second-order valence-corrected chi connectivity index (χ2v) is 6.48. The Hall–Kier alpha value is -1.43. The molecule has 0 saturated carbocycles. The molecule has 1 aliphatic heterocycles. The van der Waals surface area contributed by atoms with E-state index >= 15 is 0 Å². The van der Waals surface area contributed by atoms with Gasteiger partial charge in [-0.2, -0.15) is 0 Å². The number of hydrogen-bond acceptors (Lipinski definition) is 4. The van der Waals surface area contributed by atoms with E-state index in [0.29, 0.717) is 31.6 Å². The Labute approximate surface area is 122 Å². The normalized spacial score (nSPS) is 22.8. The summed E-state index contributed by atoms with van der Waals surface area (Å²) < 4.78 is 0. The Morgan fingerprint density at radius 1 is 1.55 bits per heavy atom. The number of amides is 1. The average Bonchev–Trinajstić information content (AvgIpc) is 2.85. The van der Waals surface area contributed by atoms with E-state index < -0.39 is 11.4 Å². The lowest BCUT2D eigenvalue weighted by Crippen LogP contribution is -2.50. The van der Waals surface area contributed by atoms with Crippen molar-refractivity contribution in [3.8, 4) is 0 Å². The van der Waals surface area contributed by atoms with Crippen LogP contribution in [-0.4, -0.2) is 40.0 Å². The largest absolute Gasteiger partial charge is 0.481 e. The molecule has 20 heavy (non-hydrogen) atoms. The van der Waals surface area contributed by atoms with Gasteiger partial charge in [0.05, 0.1) is 10.4 Å². The minimum atomic E-state index is -0.786. The lowest BCUT2D eigenvalue weighted by molar-refractivity contribution is -0.152. The number of thiazole rings is 1. The van der Waals surface area contributed by atoms with Gasteiger partial charge in [0, 0.05) is 18.5 Å². The number of piperidine rings is 1. The highest BCUT2D eigenvalue weighted by atomic mass is 32.1. The first-order valence-corrected chi connectivity index (χ1v) is 7.81. The van der Waals surface area contributed by atoms with Gasteiger partial charge in [-0.1, -0.05) is 13.3 Å². The lowest BCUT2D eigenvalue weighted by Gasteiger charge is -2.39. The first kappa shape index (κ1) is 15.0. The molecule has 1 atom stereocenters. The molecule has 110 valence electrons. The maximum atomic E-state index is 12.4. The highest BCUT2D eigenvalue weighted by molar-refractivity contribution is 7.09. The van der Waals surface area contributed by atoms with E-state index in [1.54, 1.807) is 10.3 Å². The van der Waals surface area contributed by atoms with Crippen molar-refractivity contribution in [3.05, 3.63) is 16.1 Å². The van der Waals surface area contributed by atoms with Crippen molar-refractivity contribution < 1.29 is 14.7 Å². The average molecular weight is 296 g/mol. The van der Waals surface area contributed by atoms with Gasteiger partial charge in [-0.05, 0) is 26.2 Å². The fourth-order valence-corrected chi connectivity index (χ4v) is 3.48. The van der Waals surface area contributed by atoms with Gasteiger partial charge in [0.15, 0.2) is 0 Å². The number of aryl methyl sites for hydroxylation is 1. The smallest absolute Gasteiger partial charge is 0.311 e. The van der Waals surface area contributed by atoms with Crippen LogP contribution < -0.4 is 0 Å². The van der Waals surface area contributed by atoms with Crippen molar-refractivity contribution in [3.63, 3.8) is 0 Å². The molecule has 1 amide bonds. The number of carboxylic acid groups (broad SMARTS) is 1. The molecule has 0 bridgehead atoms. The van der Waals surface area contributed by atoms with Crippen molar-refractivity contribution in [2.24, 2.45) is 5.41 Å². The Balaban J connectivity index is 2.17. The van der Waals surface area contributed by atoms with E-state index in [0.717, 1.165) is 17.8 Å². The van der Waals surface area contributed by atoms with Crippen LogP contribution in [0.3, 0.4) is 0 Å². The van der Waals surface area contributed by atoms with E-state index in [1.807, 2.05) is 13.8 Å². The van der Waals surface area contributed by atoms with Crippen LogP contribution in [0.15, 0.2) is 5.38 Å². The summed E-state index contributed by atoms with van der Waals surface area (Å²) in [6, 6.07) is 0. The number of aliphatic carboxylic acids is 1. The second kappa shape index (κ2) is 5.91. The van der Waals surface area contributed by atoms with E-state index in [9.17, 15) is 14.7 Å². The summed E-state index contributed by atoms with van der Waals surface area (Å²) in [5.74, 6) is -0.929. The molecule has 1 aromatic heterocycles. The SMILES string of the molecule is CCCC1(C(=O)O)CCCN(C(=O)c2csc(C)n2)C1. The standard InChI is InChI=1S/C14H20N2O3S/c1-3-5-14(13(18)19)6-4-7-16(9-14)12(17)11-8-20-10(2)15-11/h8H,3-7,9H2,1-2H3,(H,18,19). The van der Waals surface area contributed by atoms with Gasteiger partial charge >= 0.3 is 5.97 Å². The Bertz CT molecular complexity index is 510. The fourth-order valence-electron chi connectivity index (χ4n) is 2.89. The molecule has 2 rings (SSSR count). The predicted octanol–water partition coefficient (Wildman–Crippen LogP) is 2.56. The number of carboxylic acids is 1. The number of hydrogen-bond donors (Lipinski definition) is 1. The third-order valence-corrected chi connectivity index (χ3v) is 4.66. The molecule has 6 heteroatoms. The quantitative estimate of drug-likeness (QED) is 0.927. The zero-order valence-electron chi connectivity index (χ0n) is 11.9. The number of aromatic nitrogens is 1.